The molecule has 1 aliphatic carbocycles. The smallest absolute Gasteiger partial charge is 0.0586 e. The predicted molar refractivity (Wildman–Crippen MR) is 57.2 cm³/mol. The molecule has 82 valence electrons. The summed E-state index contributed by atoms with van der Waals surface area (Å²) in [5.74, 6) is 0.762. The predicted octanol–water partition coefficient (Wildman–Crippen LogP) is 0.834. The van der Waals surface area contributed by atoms with Crippen LogP contribution in [0, 0.1) is 5.92 Å². The zero-order chi connectivity index (χ0) is 9.97. The Morgan fingerprint density at radius 3 is 2.79 bits per heavy atom. The van der Waals surface area contributed by atoms with Crippen LogP contribution in [0.25, 0.3) is 0 Å². The fraction of sp³-hybridized carbons (Fsp3) is 1.00. The lowest BCUT2D eigenvalue weighted by Gasteiger charge is -2.46. The van der Waals surface area contributed by atoms with Crippen LogP contribution in [0.4, 0.5) is 0 Å². The minimum absolute atomic E-state index is 0.505. The summed E-state index contributed by atoms with van der Waals surface area (Å²) in [6.45, 7) is 3.30. The standard InChI is InChI=1S/C11H22N2O/c1-14-11-4-2-3-10(5-11)13-7-9(6-12)8-13/h9-11H,2-8,12H2,1H3. The number of hydrogen-bond donors (Lipinski definition) is 1. The number of methoxy groups -OCH3 is 1. The Hall–Kier alpha value is -0.120. The van der Waals surface area contributed by atoms with Crippen molar-refractivity contribution in [1.29, 1.82) is 0 Å². The molecule has 0 aromatic rings. The van der Waals surface area contributed by atoms with Crippen LogP contribution in [0.15, 0.2) is 0 Å². The largest absolute Gasteiger partial charge is 0.381 e. The molecule has 0 amide bonds. The molecular weight excluding hydrogens is 176 g/mol. The van der Waals surface area contributed by atoms with Crippen molar-refractivity contribution >= 4 is 0 Å². The maximum atomic E-state index is 5.63. The van der Waals surface area contributed by atoms with E-state index in [0.717, 1.165) is 18.5 Å². The summed E-state index contributed by atoms with van der Waals surface area (Å²) in [5, 5.41) is 0. The molecule has 2 rings (SSSR count). The molecule has 3 nitrogen and oxygen atoms in total. The summed E-state index contributed by atoms with van der Waals surface area (Å²) >= 11 is 0. The maximum absolute atomic E-state index is 5.63. The Balaban J connectivity index is 1.75. The Kier molecular flexibility index (Phi) is 3.42. The first-order valence-corrected chi connectivity index (χ1v) is 5.80. The van der Waals surface area contributed by atoms with E-state index in [4.69, 9.17) is 10.5 Å². The molecular formula is C11H22N2O. The van der Waals surface area contributed by atoms with Gasteiger partial charge in [-0.25, -0.2) is 0 Å². The number of nitrogens with zero attached hydrogens (tertiary/aromatic N) is 1. The first-order chi connectivity index (χ1) is 6.83. The summed E-state index contributed by atoms with van der Waals surface area (Å²) in [5.41, 5.74) is 5.63. The van der Waals surface area contributed by atoms with Gasteiger partial charge < -0.3 is 10.5 Å². The molecule has 1 heterocycles. The van der Waals surface area contributed by atoms with Crippen LogP contribution in [0.3, 0.4) is 0 Å². The van der Waals surface area contributed by atoms with Crippen molar-refractivity contribution in [2.75, 3.05) is 26.7 Å². The normalized spacial score (nSPS) is 35.6. The van der Waals surface area contributed by atoms with Gasteiger partial charge in [-0.3, -0.25) is 4.90 Å². The van der Waals surface area contributed by atoms with Crippen LogP contribution in [0.1, 0.15) is 25.7 Å². The van der Waals surface area contributed by atoms with Crippen molar-refractivity contribution in [1.82, 2.24) is 4.90 Å². The van der Waals surface area contributed by atoms with Crippen LogP contribution in [-0.4, -0.2) is 43.8 Å². The second-order valence-corrected chi connectivity index (χ2v) is 4.73. The lowest BCUT2D eigenvalue weighted by Crippen LogP contribution is -2.55. The average molecular weight is 198 g/mol. The Morgan fingerprint density at radius 1 is 1.36 bits per heavy atom. The van der Waals surface area contributed by atoms with Crippen molar-refractivity contribution in [3.63, 3.8) is 0 Å². The summed E-state index contributed by atoms with van der Waals surface area (Å²) in [4.78, 5) is 2.59. The number of rotatable bonds is 3. The van der Waals surface area contributed by atoms with Gasteiger partial charge in [0.1, 0.15) is 0 Å². The van der Waals surface area contributed by atoms with Crippen LogP contribution < -0.4 is 5.73 Å². The molecule has 14 heavy (non-hydrogen) atoms. The van der Waals surface area contributed by atoms with Crippen LogP contribution in [0.2, 0.25) is 0 Å². The molecule has 1 aliphatic heterocycles. The Labute approximate surface area is 86.6 Å². The van der Waals surface area contributed by atoms with E-state index >= 15 is 0 Å². The molecule has 1 saturated carbocycles. The van der Waals surface area contributed by atoms with E-state index in [0.29, 0.717) is 6.10 Å². The molecule has 2 fully saturated rings. The first-order valence-electron chi connectivity index (χ1n) is 5.80. The molecule has 0 aromatic heterocycles. The molecule has 0 aromatic carbocycles. The van der Waals surface area contributed by atoms with Gasteiger partial charge in [-0.15, -0.1) is 0 Å². The number of likely N-dealkylation sites (tertiary alicyclic amines) is 1. The second-order valence-electron chi connectivity index (χ2n) is 4.73. The molecule has 2 atom stereocenters. The van der Waals surface area contributed by atoms with Crippen LogP contribution in [-0.2, 0) is 4.74 Å². The first kappa shape index (κ1) is 10.4. The van der Waals surface area contributed by atoms with Crippen molar-refractivity contribution in [2.24, 2.45) is 11.7 Å². The van der Waals surface area contributed by atoms with Crippen molar-refractivity contribution in [3.8, 4) is 0 Å². The van der Waals surface area contributed by atoms with E-state index < -0.39 is 0 Å². The fourth-order valence-corrected chi connectivity index (χ4v) is 2.72. The summed E-state index contributed by atoms with van der Waals surface area (Å²) in [6.07, 6.45) is 5.67. The van der Waals surface area contributed by atoms with Gasteiger partial charge in [-0.05, 0) is 38.1 Å². The van der Waals surface area contributed by atoms with Gasteiger partial charge in [0.15, 0.2) is 0 Å². The molecule has 0 spiro atoms. The Bertz CT molecular complexity index is 180. The molecule has 2 aliphatic rings. The van der Waals surface area contributed by atoms with Gasteiger partial charge in [-0.1, -0.05) is 0 Å². The minimum atomic E-state index is 0.505. The van der Waals surface area contributed by atoms with E-state index in [1.807, 2.05) is 7.11 Å². The highest BCUT2D eigenvalue weighted by atomic mass is 16.5. The van der Waals surface area contributed by atoms with E-state index in [1.165, 1.54) is 38.8 Å². The topological polar surface area (TPSA) is 38.5 Å². The van der Waals surface area contributed by atoms with Gasteiger partial charge >= 0.3 is 0 Å². The summed E-state index contributed by atoms with van der Waals surface area (Å²) in [6, 6.07) is 0.775. The van der Waals surface area contributed by atoms with Crippen LogP contribution in [0.5, 0.6) is 0 Å². The van der Waals surface area contributed by atoms with E-state index in [2.05, 4.69) is 4.90 Å². The van der Waals surface area contributed by atoms with E-state index in [1.54, 1.807) is 0 Å². The monoisotopic (exact) mass is 198 g/mol. The van der Waals surface area contributed by atoms with Gasteiger partial charge in [-0.2, -0.15) is 0 Å². The fourth-order valence-electron chi connectivity index (χ4n) is 2.72. The third-order valence-electron chi connectivity index (χ3n) is 3.77. The quantitative estimate of drug-likeness (QED) is 0.730. The summed E-state index contributed by atoms with van der Waals surface area (Å²) < 4.78 is 5.44. The molecule has 0 bridgehead atoms. The SMILES string of the molecule is COC1CCCC(N2CC(CN)C2)C1. The number of nitrogens with two attached hydrogens (primary N) is 1. The molecule has 3 heteroatoms. The number of hydrogen-bond acceptors (Lipinski definition) is 3. The van der Waals surface area contributed by atoms with Crippen molar-refractivity contribution in [3.05, 3.63) is 0 Å². The maximum Gasteiger partial charge on any atom is 0.0586 e. The van der Waals surface area contributed by atoms with E-state index in [9.17, 15) is 0 Å². The van der Waals surface area contributed by atoms with E-state index in [-0.39, 0.29) is 0 Å². The van der Waals surface area contributed by atoms with Gasteiger partial charge in [0, 0.05) is 26.2 Å². The zero-order valence-corrected chi connectivity index (χ0v) is 9.11. The third-order valence-corrected chi connectivity index (χ3v) is 3.77. The van der Waals surface area contributed by atoms with Gasteiger partial charge in [0.25, 0.3) is 0 Å². The summed E-state index contributed by atoms with van der Waals surface area (Å²) in [7, 11) is 1.84. The van der Waals surface area contributed by atoms with Crippen molar-refractivity contribution in [2.45, 2.75) is 37.8 Å². The van der Waals surface area contributed by atoms with Gasteiger partial charge in [0.05, 0.1) is 6.10 Å². The molecule has 0 radical (unpaired) electrons. The second kappa shape index (κ2) is 4.60. The lowest BCUT2D eigenvalue weighted by atomic mass is 9.87. The molecule has 2 N–H and O–H groups in total. The molecule has 1 saturated heterocycles. The zero-order valence-electron chi connectivity index (χ0n) is 9.11. The highest BCUT2D eigenvalue weighted by molar-refractivity contribution is 4.89. The highest BCUT2D eigenvalue weighted by Gasteiger charge is 2.34. The van der Waals surface area contributed by atoms with Gasteiger partial charge in [0.2, 0.25) is 0 Å². The van der Waals surface area contributed by atoms with Crippen molar-refractivity contribution < 1.29 is 4.74 Å². The number of ether oxygens (including phenoxy) is 1. The molecule has 2 unspecified atom stereocenters. The highest BCUT2D eigenvalue weighted by Crippen LogP contribution is 2.29. The lowest BCUT2D eigenvalue weighted by molar-refractivity contribution is -0.0120. The van der Waals surface area contributed by atoms with Crippen LogP contribution >= 0.6 is 0 Å². The minimum Gasteiger partial charge on any atom is -0.381 e. The third kappa shape index (κ3) is 2.10. The average Bonchev–Trinajstić information content (AvgIpc) is 2.17. The Morgan fingerprint density at radius 2 is 2.14 bits per heavy atom.